The molecule has 4 heteroatoms. The molecule has 0 bridgehead atoms. The molecule has 0 radical (unpaired) electrons. The molecule has 1 rings (SSSR count). The molecule has 4 nitrogen and oxygen atoms in total. The summed E-state index contributed by atoms with van der Waals surface area (Å²) in [5.41, 5.74) is 6.77. The molecule has 1 aromatic carbocycles. The van der Waals surface area contributed by atoms with Crippen LogP contribution in [0.25, 0.3) is 0 Å². The molecular formula is C14H21NO3. The molecule has 0 aliphatic heterocycles. The van der Waals surface area contributed by atoms with Crippen molar-refractivity contribution in [3.05, 3.63) is 29.8 Å². The Morgan fingerprint density at radius 2 is 2.22 bits per heavy atom. The summed E-state index contributed by atoms with van der Waals surface area (Å²) in [4.78, 5) is 10.7. The maximum Gasteiger partial charge on any atom is 0.303 e. The minimum Gasteiger partial charge on any atom is -0.497 e. The summed E-state index contributed by atoms with van der Waals surface area (Å²) in [6, 6.07) is 7.85. The predicted molar refractivity (Wildman–Crippen MR) is 70.8 cm³/mol. The molecule has 0 aromatic heterocycles. The van der Waals surface area contributed by atoms with Crippen molar-refractivity contribution in [1.82, 2.24) is 0 Å². The van der Waals surface area contributed by atoms with Crippen LogP contribution in [0.3, 0.4) is 0 Å². The quantitative estimate of drug-likeness (QED) is 0.779. The molecule has 100 valence electrons. The molecule has 1 aromatic rings. The van der Waals surface area contributed by atoms with Gasteiger partial charge in [0.15, 0.2) is 0 Å². The zero-order valence-corrected chi connectivity index (χ0v) is 10.9. The molecule has 18 heavy (non-hydrogen) atoms. The number of methoxy groups -OCH3 is 1. The first-order valence-electron chi connectivity index (χ1n) is 6.12. The van der Waals surface area contributed by atoms with E-state index in [1.807, 2.05) is 24.3 Å². The Kier molecular flexibility index (Phi) is 5.65. The van der Waals surface area contributed by atoms with Gasteiger partial charge in [-0.25, -0.2) is 0 Å². The predicted octanol–water partition coefficient (Wildman–Crippen LogP) is 2.24. The summed E-state index contributed by atoms with van der Waals surface area (Å²) in [6.45, 7) is 2.49. The maximum atomic E-state index is 10.7. The number of carbonyl (C=O) groups is 1. The molecule has 0 amide bonds. The van der Waals surface area contributed by atoms with Crippen LogP contribution in [0.5, 0.6) is 5.75 Å². The number of aliphatic carboxylic acids is 1. The van der Waals surface area contributed by atoms with Gasteiger partial charge in [0.25, 0.3) is 0 Å². The first kappa shape index (κ1) is 14.5. The molecule has 0 spiro atoms. The molecule has 0 aliphatic carbocycles. The Bertz CT molecular complexity index is 392. The summed E-state index contributed by atoms with van der Waals surface area (Å²) in [6.07, 6.45) is 0.904. The van der Waals surface area contributed by atoms with E-state index >= 15 is 0 Å². The summed E-state index contributed by atoms with van der Waals surface area (Å²) >= 11 is 0. The highest BCUT2D eigenvalue weighted by molar-refractivity contribution is 5.67. The van der Waals surface area contributed by atoms with Crippen LogP contribution in [-0.2, 0) is 4.79 Å². The fraction of sp³-hybridized carbons (Fsp3) is 0.500. The monoisotopic (exact) mass is 251 g/mol. The van der Waals surface area contributed by atoms with E-state index in [2.05, 4.69) is 6.92 Å². The lowest BCUT2D eigenvalue weighted by molar-refractivity contribution is -0.138. The smallest absolute Gasteiger partial charge is 0.303 e. The first-order valence-corrected chi connectivity index (χ1v) is 6.12. The van der Waals surface area contributed by atoms with Crippen LogP contribution in [0.2, 0.25) is 0 Å². The van der Waals surface area contributed by atoms with Gasteiger partial charge in [-0.2, -0.15) is 0 Å². The molecule has 0 saturated carbocycles. The summed E-state index contributed by atoms with van der Waals surface area (Å²) in [7, 11) is 1.64. The SMILES string of the molecule is COc1cccc(C(C)CC(CN)CC(=O)O)c1. The van der Waals surface area contributed by atoms with Crippen LogP contribution in [0.4, 0.5) is 0 Å². The van der Waals surface area contributed by atoms with Gasteiger partial charge < -0.3 is 15.6 Å². The minimum absolute atomic E-state index is 0.0173. The molecule has 0 heterocycles. The van der Waals surface area contributed by atoms with Crippen molar-refractivity contribution in [2.75, 3.05) is 13.7 Å². The molecule has 0 aliphatic rings. The third-order valence-electron chi connectivity index (χ3n) is 3.15. The van der Waals surface area contributed by atoms with Crippen LogP contribution in [0.1, 0.15) is 31.2 Å². The van der Waals surface area contributed by atoms with Crippen molar-refractivity contribution in [2.45, 2.75) is 25.7 Å². The van der Waals surface area contributed by atoms with E-state index in [-0.39, 0.29) is 18.3 Å². The second kappa shape index (κ2) is 7.01. The highest BCUT2D eigenvalue weighted by Gasteiger charge is 2.16. The van der Waals surface area contributed by atoms with Crippen LogP contribution in [0, 0.1) is 5.92 Å². The molecule has 2 unspecified atom stereocenters. The number of benzene rings is 1. The molecule has 3 N–H and O–H groups in total. The van der Waals surface area contributed by atoms with E-state index in [9.17, 15) is 4.79 Å². The van der Waals surface area contributed by atoms with Crippen molar-refractivity contribution in [3.8, 4) is 5.75 Å². The molecule has 2 atom stereocenters. The number of hydrogen-bond donors (Lipinski definition) is 2. The second-order valence-corrected chi connectivity index (χ2v) is 4.61. The number of rotatable bonds is 7. The highest BCUT2D eigenvalue weighted by Crippen LogP contribution is 2.27. The number of nitrogens with two attached hydrogens (primary N) is 1. The van der Waals surface area contributed by atoms with E-state index < -0.39 is 5.97 Å². The Balaban J connectivity index is 2.67. The maximum absolute atomic E-state index is 10.7. The Labute approximate surface area is 108 Å². The number of ether oxygens (including phenoxy) is 1. The number of carboxylic acid groups (broad SMARTS) is 1. The summed E-state index contributed by atoms with van der Waals surface area (Å²) < 4.78 is 5.18. The lowest BCUT2D eigenvalue weighted by atomic mass is 9.88. The lowest BCUT2D eigenvalue weighted by Gasteiger charge is -2.18. The Morgan fingerprint density at radius 1 is 1.50 bits per heavy atom. The van der Waals surface area contributed by atoms with Crippen molar-refractivity contribution in [3.63, 3.8) is 0 Å². The van der Waals surface area contributed by atoms with Gasteiger partial charge in [-0.3, -0.25) is 4.79 Å². The highest BCUT2D eigenvalue weighted by atomic mass is 16.5. The number of hydrogen-bond acceptors (Lipinski definition) is 3. The van der Waals surface area contributed by atoms with Crippen molar-refractivity contribution in [1.29, 1.82) is 0 Å². The normalized spacial score (nSPS) is 13.9. The number of carboxylic acids is 1. The molecular weight excluding hydrogens is 230 g/mol. The fourth-order valence-electron chi connectivity index (χ4n) is 2.09. The standard InChI is InChI=1S/C14H21NO3/c1-10(6-11(9-15)7-14(16)17)12-4-3-5-13(8-12)18-2/h3-5,8,10-11H,6-7,9,15H2,1-2H3,(H,16,17). The van der Waals surface area contributed by atoms with Gasteiger partial charge in [0.1, 0.15) is 5.75 Å². The van der Waals surface area contributed by atoms with Crippen molar-refractivity contribution in [2.24, 2.45) is 11.7 Å². The summed E-state index contributed by atoms with van der Waals surface area (Å²) in [5.74, 6) is 0.321. The van der Waals surface area contributed by atoms with Crippen molar-refractivity contribution < 1.29 is 14.6 Å². The van der Waals surface area contributed by atoms with E-state index in [1.54, 1.807) is 7.11 Å². The van der Waals surface area contributed by atoms with E-state index in [0.29, 0.717) is 6.54 Å². The Morgan fingerprint density at radius 3 is 2.78 bits per heavy atom. The third-order valence-corrected chi connectivity index (χ3v) is 3.15. The summed E-state index contributed by atoms with van der Waals surface area (Å²) in [5, 5.41) is 8.81. The van der Waals surface area contributed by atoms with Gasteiger partial charge in [0.05, 0.1) is 7.11 Å². The van der Waals surface area contributed by atoms with Crippen LogP contribution in [0.15, 0.2) is 24.3 Å². The van der Waals surface area contributed by atoms with E-state index in [0.717, 1.165) is 17.7 Å². The van der Waals surface area contributed by atoms with Gasteiger partial charge >= 0.3 is 5.97 Å². The minimum atomic E-state index is -0.789. The average Bonchev–Trinajstić information content (AvgIpc) is 2.37. The van der Waals surface area contributed by atoms with Gasteiger partial charge in [0, 0.05) is 6.42 Å². The topological polar surface area (TPSA) is 72.5 Å². The van der Waals surface area contributed by atoms with Crippen LogP contribution in [-0.4, -0.2) is 24.7 Å². The van der Waals surface area contributed by atoms with Gasteiger partial charge in [0.2, 0.25) is 0 Å². The zero-order chi connectivity index (χ0) is 13.5. The largest absolute Gasteiger partial charge is 0.497 e. The third kappa shape index (κ3) is 4.37. The Hall–Kier alpha value is -1.55. The van der Waals surface area contributed by atoms with E-state index in [4.69, 9.17) is 15.6 Å². The molecule has 0 saturated heterocycles. The van der Waals surface area contributed by atoms with Crippen LogP contribution >= 0.6 is 0 Å². The zero-order valence-electron chi connectivity index (χ0n) is 10.9. The van der Waals surface area contributed by atoms with Gasteiger partial charge in [-0.1, -0.05) is 19.1 Å². The van der Waals surface area contributed by atoms with Crippen LogP contribution < -0.4 is 10.5 Å². The average molecular weight is 251 g/mol. The van der Waals surface area contributed by atoms with E-state index in [1.165, 1.54) is 0 Å². The first-order chi connectivity index (χ1) is 8.56. The lowest BCUT2D eigenvalue weighted by Crippen LogP contribution is -2.20. The fourth-order valence-corrected chi connectivity index (χ4v) is 2.09. The van der Waals surface area contributed by atoms with Crippen molar-refractivity contribution >= 4 is 5.97 Å². The van der Waals surface area contributed by atoms with Gasteiger partial charge in [-0.05, 0) is 42.5 Å². The molecule has 0 fully saturated rings. The van der Waals surface area contributed by atoms with Gasteiger partial charge in [-0.15, -0.1) is 0 Å². The second-order valence-electron chi connectivity index (χ2n) is 4.61.